The van der Waals surface area contributed by atoms with Crippen LogP contribution in [0.15, 0.2) is 24.5 Å². The molecule has 28 heavy (non-hydrogen) atoms. The molecule has 0 unspecified atom stereocenters. The molecule has 0 atom stereocenters. The number of pyridine rings is 1. The lowest BCUT2D eigenvalue weighted by Crippen LogP contribution is -2.46. The van der Waals surface area contributed by atoms with Gasteiger partial charge in [-0.05, 0) is 13.0 Å². The van der Waals surface area contributed by atoms with Gasteiger partial charge in [0.15, 0.2) is 20.0 Å². The predicted molar refractivity (Wildman–Crippen MR) is 72.2 cm³/mol. The van der Waals surface area contributed by atoms with Crippen LogP contribution < -0.4 is 9.57 Å². The van der Waals surface area contributed by atoms with Crippen LogP contribution in [0.4, 0.5) is 39.5 Å². The van der Waals surface area contributed by atoms with Gasteiger partial charge in [-0.1, -0.05) is 0 Å². The van der Waals surface area contributed by atoms with Crippen LogP contribution >= 0.6 is 0 Å². The first-order chi connectivity index (χ1) is 12.2. The van der Waals surface area contributed by atoms with Gasteiger partial charge in [-0.2, -0.15) is 39.5 Å². The van der Waals surface area contributed by atoms with Gasteiger partial charge in [-0.3, -0.25) is 4.84 Å². The van der Waals surface area contributed by atoms with Crippen LogP contribution in [0.25, 0.3) is 4.13 Å². The predicted octanol–water partition coefficient (Wildman–Crippen LogP) is 2.33. The standard InChI is InChI=1S/C8H9F3NO.C2F6NO4S2/c1-7-3-2-4-12(5-7)13-6-8(9,10)11;3-1(4,5)14(10,11)9-15(12,13)2(6,7)8/h2-5H,6H2,1H3;/q+1;-1. The molecule has 7 nitrogen and oxygen atoms in total. The van der Waals surface area contributed by atoms with Crippen LogP contribution in [0.2, 0.25) is 0 Å². The van der Waals surface area contributed by atoms with Crippen molar-refractivity contribution in [3.8, 4) is 0 Å². The van der Waals surface area contributed by atoms with Crippen molar-refractivity contribution < 1.29 is 65.9 Å². The van der Waals surface area contributed by atoms with Gasteiger partial charge in [0.25, 0.3) is 6.61 Å². The number of alkyl halides is 9. The molecule has 0 aliphatic rings. The molecule has 0 fully saturated rings. The summed E-state index contributed by atoms with van der Waals surface area (Å²) < 4.78 is 145. The third kappa shape index (κ3) is 8.91. The second-order valence-corrected chi connectivity index (χ2v) is 7.97. The van der Waals surface area contributed by atoms with Crippen LogP contribution in [0.5, 0.6) is 0 Å². The highest BCUT2D eigenvalue weighted by Crippen LogP contribution is 2.36. The van der Waals surface area contributed by atoms with Crippen molar-refractivity contribution in [2.45, 2.75) is 24.1 Å². The van der Waals surface area contributed by atoms with E-state index >= 15 is 0 Å². The molecular formula is C10H9F9N2O5S2. The zero-order chi connectivity index (χ0) is 22.6. The molecule has 0 bridgehead atoms. The quantitative estimate of drug-likeness (QED) is 0.495. The Labute approximate surface area is 151 Å². The number of aryl methyl sites for hydroxylation is 1. The lowest BCUT2D eigenvalue weighted by molar-refractivity contribution is -0.894. The summed E-state index contributed by atoms with van der Waals surface area (Å²) in [5.74, 6) is 0. The highest BCUT2D eigenvalue weighted by atomic mass is 32.3. The van der Waals surface area contributed by atoms with Gasteiger partial charge in [-0.15, -0.1) is 0 Å². The Hall–Kier alpha value is -1.82. The summed E-state index contributed by atoms with van der Waals surface area (Å²) in [4.78, 5) is 4.44. The zero-order valence-corrected chi connectivity index (χ0v) is 14.8. The average molecular weight is 472 g/mol. The smallest absolute Gasteiger partial charge is 0.421 e. The number of sulfonamides is 2. The van der Waals surface area contributed by atoms with E-state index in [4.69, 9.17) is 0 Å². The Morgan fingerprint density at radius 3 is 1.68 bits per heavy atom. The van der Waals surface area contributed by atoms with Gasteiger partial charge in [0.1, 0.15) is 0 Å². The van der Waals surface area contributed by atoms with E-state index in [1.807, 2.05) is 0 Å². The fourth-order valence-corrected chi connectivity index (χ4v) is 2.72. The van der Waals surface area contributed by atoms with Crippen molar-refractivity contribution in [3.63, 3.8) is 0 Å². The molecule has 0 aromatic carbocycles. The minimum Gasteiger partial charge on any atom is -0.421 e. The Morgan fingerprint density at radius 1 is 0.929 bits per heavy atom. The van der Waals surface area contributed by atoms with E-state index in [0.717, 1.165) is 14.4 Å². The fourth-order valence-electron chi connectivity index (χ4n) is 1.01. The van der Waals surface area contributed by atoms with Crippen LogP contribution in [0.3, 0.4) is 0 Å². The molecule has 1 rings (SSSR count). The average Bonchev–Trinajstić information content (AvgIpc) is 2.41. The topological polar surface area (TPSA) is 95.5 Å². The number of aromatic nitrogens is 1. The van der Waals surface area contributed by atoms with Crippen molar-refractivity contribution in [3.05, 3.63) is 34.2 Å². The lowest BCUT2D eigenvalue weighted by Gasteiger charge is -2.22. The molecule has 0 saturated carbocycles. The molecule has 0 amide bonds. The number of hydrogen-bond acceptors (Lipinski definition) is 5. The Kier molecular flexibility index (Phi) is 8.12. The molecule has 164 valence electrons. The van der Waals surface area contributed by atoms with Gasteiger partial charge in [-0.25, -0.2) is 16.8 Å². The first-order valence-electron chi connectivity index (χ1n) is 6.23. The van der Waals surface area contributed by atoms with Gasteiger partial charge in [0, 0.05) is 16.4 Å². The third-order valence-electron chi connectivity index (χ3n) is 2.08. The number of halogens is 9. The van der Waals surface area contributed by atoms with E-state index in [9.17, 15) is 56.3 Å². The molecule has 0 saturated heterocycles. The SMILES string of the molecule is Cc1ccc[n+](OCC(F)(F)F)c1.O=S(=O)([N-]S(=O)(=O)C(F)(F)F)C(F)(F)F. The molecule has 18 heteroatoms. The molecular weight excluding hydrogens is 463 g/mol. The summed E-state index contributed by atoms with van der Waals surface area (Å²) >= 11 is 0. The summed E-state index contributed by atoms with van der Waals surface area (Å²) in [6.45, 7) is 0.495. The Bertz CT molecular complexity index is 818. The first kappa shape index (κ1) is 26.2. The number of nitrogens with zero attached hydrogens (tertiary/aromatic N) is 2. The molecule has 1 heterocycles. The van der Waals surface area contributed by atoms with E-state index < -0.39 is 43.8 Å². The molecule has 0 radical (unpaired) electrons. The Balaban J connectivity index is 0.000000525. The van der Waals surface area contributed by atoms with Gasteiger partial charge in [0.05, 0.1) is 0 Å². The first-order valence-corrected chi connectivity index (χ1v) is 9.11. The van der Waals surface area contributed by atoms with E-state index in [-0.39, 0.29) is 0 Å². The van der Waals surface area contributed by atoms with Crippen LogP contribution in [0.1, 0.15) is 5.56 Å². The minimum absolute atomic E-state index is 0.778. The molecule has 1 aromatic heterocycles. The summed E-state index contributed by atoms with van der Waals surface area (Å²) in [7, 11) is -13.4. The molecule has 0 spiro atoms. The summed E-state index contributed by atoms with van der Waals surface area (Å²) in [6, 6.07) is 3.39. The second-order valence-electron chi connectivity index (χ2n) is 4.55. The maximum Gasteiger partial charge on any atom is 0.480 e. The van der Waals surface area contributed by atoms with E-state index in [1.54, 1.807) is 19.1 Å². The highest BCUT2D eigenvalue weighted by Gasteiger charge is 2.46. The Morgan fingerprint density at radius 2 is 1.36 bits per heavy atom. The highest BCUT2D eigenvalue weighted by molar-refractivity contribution is 8.13. The van der Waals surface area contributed by atoms with Crippen molar-refractivity contribution in [2.24, 2.45) is 0 Å². The molecule has 0 N–H and O–H groups in total. The molecule has 0 aliphatic heterocycles. The van der Waals surface area contributed by atoms with Crippen LogP contribution in [-0.4, -0.2) is 40.6 Å². The van der Waals surface area contributed by atoms with E-state index in [1.165, 1.54) is 12.4 Å². The molecule has 1 aromatic rings. The fraction of sp³-hybridized carbons (Fsp3) is 0.500. The van der Waals surface area contributed by atoms with Crippen molar-refractivity contribution in [1.82, 2.24) is 0 Å². The zero-order valence-electron chi connectivity index (χ0n) is 13.2. The number of hydrogen-bond donors (Lipinski definition) is 0. The molecule has 0 aliphatic carbocycles. The maximum absolute atomic E-state index is 11.7. The van der Waals surface area contributed by atoms with E-state index in [2.05, 4.69) is 4.84 Å². The normalized spacial score (nSPS) is 13.5. The van der Waals surface area contributed by atoms with E-state index in [0.29, 0.717) is 0 Å². The van der Waals surface area contributed by atoms with Crippen LogP contribution in [0, 0.1) is 6.92 Å². The van der Waals surface area contributed by atoms with Crippen LogP contribution in [-0.2, 0) is 20.0 Å². The maximum atomic E-state index is 11.7. The largest absolute Gasteiger partial charge is 0.480 e. The summed E-state index contributed by atoms with van der Waals surface area (Å²) in [6.07, 6.45) is -1.40. The third-order valence-corrected chi connectivity index (χ3v) is 4.82. The van der Waals surface area contributed by atoms with Crippen molar-refractivity contribution >= 4 is 20.0 Å². The van der Waals surface area contributed by atoms with Gasteiger partial charge in [0.2, 0.25) is 12.4 Å². The minimum atomic E-state index is -6.72. The monoisotopic (exact) mass is 472 g/mol. The summed E-state index contributed by atoms with van der Waals surface area (Å²) in [5.41, 5.74) is -11.6. The second kappa shape index (κ2) is 8.68. The summed E-state index contributed by atoms with van der Waals surface area (Å²) in [5, 5.41) is 0. The lowest BCUT2D eigenvalue weighted by atomic mass is 10.3. The van der Waals surface area contributed by atoms with Gasteiger partial charge >= 0.3 is 17.2 Å². The van der Waals surface area contributed by atoms with Crippen molar-refractivity contribution in [1.29, 1.82) is 0 Å². The van der Waals surface area contributed by atoms with Crippen molar-refractivity contribution in [2.75, 3.05) is 6.61 Å². The van der Waals surface area contributed by atoms with Gasteiger partial charge < -0.3 is 4.13 Å². The number of rotatable bonds is 4.